The predicted molar refractivity (Wildman–Crippen MR) is 74.4 cm³/mol. The Morgan fingerprint density at radius 1 is 0.812 bits per heavy atom. The second-order valence-corrected chi connectivity index (χ2v) is 4.36. The van der Waals surface area contributed by atoms with Crippen LogP contribution in [0.15, 0.2) is 12.2 Å². The first-order valence-electron chi connectivity index (χ1n) is 7.05. The highest BCUT2D eigenvalue weighted by atomic mass is 14.0. The molecule has 0 aromatic heterocycles. The van der Waals surface area contributed by atoms with Crippen molar-refractivity contribution in [1.29, 1.82) is 0 Å². The molecule has 0 radical (unpaired) electrons. The maximum absolute atomic E-state index is 3.19. The highest BCUT2D eigenvalue weighted by Gasteiger charge is 1.89. The molecular formula is C16H28. The largest absolute Gasteiger partial charge is 0.0985 e. The second kappa shape index (κ2) is 14.3. The third-order valence-electron chi connectivity index (χ3n) is 2.69. The average molecular weight is 220 g/mol. The molecule has 92 valence electrons. The van der Waals surface area contributed by atoms with Gasteiger partial charge in [0, 0.05) is 6.42 Å². The molecule has 0 unspecified atom stereocenters. The van der Waals surface area contributed by atoms with Crippen LogP contribution in [-0.2, 0) is 0 Å². The molecule has 0 rings (SSSR count). The van der Waals surface area contributed by atoms with Crippen molar-refractivity contribution < 1.29 is 0 Å². The van der Waals surface area contributed by atoms with Crippen LogP contribution in [0.2, 0.25) is 0 Å². The molecule has 0 atom stereocenters. The fraction of sp³-hybridized carbons (Fsp3) is 0.750. The van der Waals surface area contributed by atoms with Crippen LogP contribution < -0.4 is 0 Å². The molecule has 0 aromatic rings. The third-order valence-corrected chi connectivity index (χ3v) is 2.69. The molecule has 0 aromatic carbocycles. The van der Waals surface area contributed by atoms with Crippen LogP contribution >= 0.6 is 0 Å². The van der Waals surface area contributed by atoms with Crippen LogP contribution in [-0.4, -0.2) is 0 Å². The normalized spacial score (nSPS) is 10.4. The molecule has 0 saturated carbocycles. The monoisotopic (exact) mass is 220 g/mol. The van der Waals surface area contributed by atoms with Crippen LogP contribution in [0.4, 0.5) is 0 Å². The Bertz CT molecular complexity index is 202. The van der Waals surface area contributed by atoms with Gasteiger partial charge in [-0.2, -0.15) is 0 Å². The number of rotatable bonds is 9. The van der Waals surface area contributed by atoms with Crippen LogP contribution in [0, 0.1) is 11.8 Å². The van der Waals surface area contributed by atoms with Crippen molar-refractivity contribution in [2.24, 2.45) is 0 Å². The maximum atomic E-state index is 3.19. The minimum absolute atomic E-state index is 1.07. The Labute approximate surface area is 103 Å². The van der Waals surface area contributed by atoms with Crippen molar-refractivity contribution >= 4 is 0 Å². The van der Waals surface area contributed by atoms with Crippen LogP contribution in [0.5, 0.6) is 0 Å². The summed E-state index contributed by atoms with van der Waals surface area (Å²) in [6, 6.07) is 0. The lowest BCUT2D eigenvalue weighted by Gasteiger charge is -1.98. The van der Waals surface area contributed by atoms with Gasteiger partial charge in [0.1, 0.15) is 0 Å². The van der Waals surface area contributed by atoms with Crippen molar-refractivity contribution in [2.75, 3.05) is 0 Å². The molecule has 0 aliphatic heterocycles. The summed E-state index contributed by atoms with van der Waals surface area (Å²) in [4.78, 5) is 0. The summed E-state index contributed by atoms with van der Waals surface area (Å²) < 4.78 is 0. The van der Waals surface area contributed by atoms with E-state index in [4.69, 9.17) is 0 Å². The van der Waals surface area contributed by atoms with Gasteiger partial charge in [-0.3, -0.25) is 0 Å². The first-order valence-corrected chi connectivity index (χ1v) is 7.05. The topological polar surface area (TPSA) is 0 Å². The molecule has 0 amide bonds. The smallest absolute Gasteiger partial charge is 0.00922 e. The Balaban J connectivity index is 3.08. The summed E-state index contributed by atoms with van der Waals surface area (Å²) in [6.45, 7) is 4.41. The predicted octanol–water partition coefficient (Wildman–Crippen LogP) is 5.49. The van der Waals surface area contributed by atoms with Gasteiger partial charge in [-0.05, 0) is 18.9 Å². The van der Waals surface area contributed by atoms with E-state index in [1.807, 2.05) is 6.08 Å². The van der Waals surface area contributed by atoms with Crippen molar-refractivity contribution in [3.8, 4) is 11.8 Å². The standard InChI is InChI=1S/C16H28/c1-3-5-7-9-11-13-15-16-14-12-10-8-6-4-2/h5,7H,3-4,6,8,10,12-16H2,1-2H3/b7-5-. The minimum Gasteiger partial charge on any atom is -0.0985 e. The Hall–Kier alpha value is -0.700. The molecule has 0 N–H and O–H groups in total. The first kappa shape index (κ1) is 15.3. The van der Waals surface area contributed by atoms with Gasteiger partial charge in [-0.1, -0.05) is 76.7 Å². The molecule has 0 nitrogen and oxygen atoms in total. The number of unbranched alkanes of at least 4 members (excludes halogenated alkanes) is 8. The molecule has 0 bridgehead atoms. The molecule has 0 heterocycles. The van der Waals surface area contributed by atoms with E-state index in [2.05, 4.69) is 31.8 Å². The van der Waals surface area contributed by atoms with E-state index in [1.54, 1.807) is 0 Å². The molecule has 0 aliphatic carbocycles. The van der Waals surface area contributed by atoms with Gasteiger partial charge >= 0.3 is 0 Å². The molecule has 0 spiro atoms. The molecule has 0 aliphatic rings. The average Bonchev–Trinajstić information content (AvgIpc) is 2.31. The highest BCUT2D eigenvalue weighted by Crippen LogP contribution is 2.08. The molecule has 0 saturated heterocycles. The summed E-state index contributed by atoms with van der Waals surface area (Å²) in [7, 11) is 0. The zero-order chi connectivity index (χ0) is 11.9. The van der Waals surface area contributed by atoms with Crippen molar-refractivity contribution in [1.82, 2.24) is 0 Å². The highest BCUT2D eigenvalue weighted by molar-refractivity contribution is 5.14. The lowest BCUT2D eigenvalue weighted by molar-refractivity contribution is 0.579. The van der Waals surface area contributed by atoms with Gasteiger partial charge in [-0.15, -0.1) is 0 Å². The van der Waals surface area contributed by atoms with Gasteiger partial charge in [0.05, 0.1) is 0 Å². The van der Waals surface area contributed by atoms with Crippen molar-refractivity contribution in [3.63, 3.8) is 0 Å². The number of allylic oxidation sites excluding steroid dienone is 2. The summed E-state index contributed by atoms with van der Waals surface area (Å²) >= 11 is 0. The van der Waals surface area contributed by atoms with E-state index < -0.39 is 0 Å². The number of hydrogen-bond donors (Lipinski definition) is 0. The van der Waals surface area contributed by atoms with Crippen LogP contribution in [0.3, 0.4) is 0 Å². The maximum Gasteiger partial charge on any atom is 0.00922 e. The van der Waals surface area contributed by atoms with Crippen molar-refractivity contribution in [3.05, 3.63) is 12.2 Å². The Kier molecular flexibility index (Phi) is 13.7. The van der Waals surface area contributed by atoms with Gasteiger partial charge in [0.25, 0.3) is 0 Å². The van der Waals surface area contributed by atoms with Crippen LogP contribution in [0.1, 0.15) is 78.1 Å². The van der Waals surface area contributed by atoms with Crippen LogP contribution in [0.25, 0.3) is 0 Å². The summed E-state index contributed by atoms with van der Waals surface area (Å²) in [5.41, 5.74) is 0. The van der Waals surface area contributed by atoms with Gasteiger partial charge in [0.15, 0.2) is 0 Å². The fourth-order valence-corrected chi connectivity index (χ4v) is 1.66. The Morgan fingerprint density at radius 2 is 1.44 bits per heavy atom. The van der Waals surface area contributed by atoms with E-state index >= 15 is 0 Å². The van der Waals surface area contributed by atoms with E-state index in [1.165, 1.54) is 51.4 Å². The summed E-state index contributed by atoms with van der Waals surface area (Å²) in [5.74, 6) is 6.27. The van der Waals surface area contributed by atoms with Gasteiger partial charge in [-0.25, -0.2) is 0 Å². The molecule has 0 fully saturated rings. The number of hydrogen-bond acceptors (Lipinski definition) is 0. The SMILES string of the molecule is CC/C=C\C#CCCCCCCCCCC. The van der Waals surface area contributed by atoms with E-state index in [0.29, 0.717) is 0 Å². The third kappa shape index (κ3) is 13.3. The molecule has 0 heteroatoms. The second-order valence-electron chi connectivity index (χ2n) is 4.36. The first-order chi connectivity index (χ1) is 7.91. The van der Waals surface area contributed by atoms with Gasteiger partial charge in [0.2, 0.25) is 0 Å². The van der Waals surface area contributed by atoms with Gasteiger partial charge < -0.3 is 0 Å². The lowest BCUT2D eigenvalue weighted by Crippen LogP contribution is -1.79. The summed E-state index contributed by atoms with van der Waals surface area (Å²) in [6.07, 6.45) is 17.3. The summed E-state index contributed by atoms with van der Waals surface area (Å²) in [5, 5.41) is 0. The molecule has 16 heavy (non-hydrogen) atoms. The zero-order valence-electron chi connectivity index (χ0n) is 11.2. The van der Waals surface area contributed by atoms with E-state index in [-0.39, 0.29) is 0 Å². The lowest BCUT2D eigenvalue weighted by atomic mass is 10.1. The van der Waals surface area contributed by atoms with E-state index in [0.717, 1.165) is 12.8 Å². The minimum atomic E-state index is 1.07. The van der Waals surface area contributed by atoms with E-state index in [9.17, 15) is 0 Å². The molecular weight excluding hydrogens is 192 g/mol. The fourth-order valence-electron chi connectivity index (χ4n) is 1.66. The quantitative estimate of drug-likeness (QED) is 0.356. The zero-order valence-corrected chi connectivity index (χ0v) is 11.2. The Morgan fingerprint density at radius 3 is 2.06 bits per heavy atom. The van der Waals surface area contributed by atoms with Crippen molar-refractivity contribution in [2.45, 2.75) is 78.1 Å².